The Morgan fingerprint density at radius 1 is 0.778 bits per heavy atom. The fraction of sp³-hybridized carbons (Fsp3) is 1.00. The van der Waals surface area contributed by atoms with Crippen LogP contribution in [0, 0.1) is 11.8 Å². The van der Waals surface area contributed by atoms with Crippen molar-refractivity contribution in [3.8, 4) is 0 Å². The van der Waals surface area contributed by atoms with E-state index >= 15 is 0 Å². The molecule has 0 saturated carbocycles. The second kappa shape index (κ2) is 9.83. The molecule has 0 bridgehead atoms. The fourth-order valence-corrected chi connectivity index (χ4v) is 3.04. The Bertz CT molecular complexity index is 174. The van der Waals surface area contributed by atoms with Crippen molar-refractivity contribution in [2.24, 2.45) is 11.8 Å². The van der Waals surface area contributed by atoms with Crippen LogP contribution >= 0.6 is 0 Å². The molecule has 0 fully saturated rings. The van der Waals surface area contributed by atoms with Gasteiger partial charge in [0.1, 0.15) is 0 Å². The van der Waals surface area contributed by atoms with Gasteiger partial charge in [-0.05, 0) is 31.1 Å². The molecule has 0 amide bonds. The van der Waals surface area contributed by atoms with Crippen molar-refractivity contribution in [1.82, 2.24) is 0 Å². The van der Waals surface area contributed by atoms with E-state index in [0.717, 1.165) is 19.3 Å². The Labute approximate surface area is 115 Å². The van der Waals surface area contributed by atoms with Crippen molar-refractivity contribution in [2.45, 2.75) is 98.0 Å². The van der Waals surface area contributed by atoms with Gasteiger partial charge >= 0.3 is 0 Å². The summed E-state index contributed by atoms with van der Waals surface area (Å²) in [5.74, 6) is 1.18. The van der Waals surface area contributed by atoms with Gasteiger partial charge in [0.2, 0.25) is 0 Å². The maximum Gasteiger partial charge on any atom is 0.0652 e. The molecule has 110 valence electrons. The van der Waals surface area contributed by atoms with Gasteiger partial charge in [-0.15, -0.1) is 0 Å². The Kier molecular flexibility index (Phi) is 9.81. The van der Waals surface area contributed by atoms with Gasteiger partial charge in [0.05, 0.1) is 5.60 Å². The molecule has 1 nitrogen and oxygen atoms in total. The van der Waals surface area contributed by atoms with Crippen LogP contribution < -0.4 is 0 Å². The van der Waals surface area contributed by atoms with Crippen LogP contribution in [0.2, 0.25) is 0 Å². The van der Waals surface area contributed by atoms with Gasteiger partial charge in [0.25, 0.3) is 0 Å². The van der Waals surface area contributed by atoms with Crippen molar-refractivity contribution in [2.75, 3.05) is 0 Å². The Hall–Kier alpha value is -0.0400. The molecular formula is C17H36O. The average molecular weight is 256 g/mol. The van der Waals surface area contributed by atoms with E-state index in [2.05, 4.69) is 34.6 Å². The summed E-state index contributed by atoms with van der Waals surface area (Å²) in [6.07, 6.45) is 10.8. The highest BCUT2D eigenvalue weighted by atomic mass is 16.3. The topological polar surface area (TPSA) is 20.2 Å². The van der Waals surface area contributed by atoms with E-state index in [0.29, 0.717) is 11.8 Å². The lowest BCUT2D eigenvalue weighted by Crippen LogP contribution is -2.32. The first-order valence-corrected chi connectivity index (χ1v) is 8.12. The fourth-order valence-electron chi connectivity index (χ4n) is 3.04. The van der Waals surface area contributed by atoms with Crippen molar-refractivity contribution in [3.63, 3.8) is 0 Å². The summed E-state index contributed by atoms with van der Waals surface area (Å²) in [5.41, 5.74) is -0.410. The van der Waals surface area contributed by atoms with Gasteiger partial charge in [-0.2, -0.15) is 0 Å². The van der Waals surface area contributed by atoms with Crippen LogP contribution in [0.15, 0.2) is 0 Å². The largest absolute Gasteiger partial charge is 0.390 e. The third kappa shape index (κ3) is 9.94. The number of aliphatic hydroxyl groups is 1. The lowest BCUT2D eigenvalue weighted by atomic mass is 9.81. The van der Waals surface area contributed by atoms with Crippen LogP contribution in [0.5, 0.6) is 0 Å². The first-order valence-electron chi connectivity index (χ1n) is 8.12. The highest BCUT2D eigenvalue weighted by molar-refractivity contribution is 4.81. The van der Waals surface area contributed by atoms with Crippen LogP contribution in [0.25, 0.3) is 0 Å². The van der Waals surface area contributed by atoms with Gasteiger partial charge in [-0.25, -0.2) is 0 Å². The van der Waals surface area contributed by atoms with Crippen LogP contribution in [0.3, 0.4) is 0 Å². The molecule has 0 aliphatic heterocycles. The summed E-state index contributed by atoms with van der Waals surface area (Å²) in [4.78, 5) is 0. The summed E-state index contributed by atoms with van der Waals surface area (Å²) in [6, 6.07) is 0. The van der Waals surface area contributed by atoms with E-state index in [1.165, 1.54) is 38.5 Å². The number of rotatable bonds is 11. The molecule has 0 atom stereocenters. The Balaban J connectivity index is 3.93. The van der Waals surface area contributed by atoms with E-state index in [-0.39, 0.29) is 0 Å². The second-order valence-electron chi connectivity index (χ2n) is 6.94. The SMILES string of the molecule is CCCCCCCCC(O)(CC(C)C)CC(C)C. The van der Waals surface area contributed by atoms with Gasteiger partial charge < -0.3 is 5.11 Å². The first kappa shape index (κ1) is 18.0. The van der Waals surface area contributed by atoms with Crippen LogP contribution in [-0.2, 0) is 0 Å². The third-order valence-corrected chi connectivity index (χ3v) is 3.57. The second-order valence-corrected chi connectivity index (χ2v) is 6.94. The van der Waals surface area contributed by atoms with E-state index < -0.39 is 5.60 Å². The molecule has 0 rings (SSSR count). The summed E-state index contributed by atoms with van der Waals surface area (Å²) in [6.45, 7) is 11.1. The average Bonchev–Trinajstić information content (AvgIpc) is 2.20. The minimum Gasteiger partial charge on any atom is -0.390 e. The molecule has 0 unspecified atom stereocenters. The smallest absolute Gasteiger partial charge is 0.0652 e. The molecule has 0 saturated heterocycles. The van der Waals surface area contributed by atoms with Crippen molar-refractivity contribution < 1.29 is 5.11 Å². The highest BCUT2D eigenvalue weighted by Gasteiger charge is 2.28. The van der Waals surface area contributed by atoms with E-state index in [1.807, 2.05) is 0 Å². The zero-order valence-corrected chi connectivity index (χ0v) is 13.5. The molecule has 0 radical (unpaired) electrons. The molecule has 0 aromatic heterocycles. The minimum atomic E-state index is -0.410. The van der Waals surface area contributed by atoms with Crippen LogP contribution in [-0.4, -0.2) is 10.7 Å². The molecule has 0 aliphatic carbocycles. The summed E-state index contributed by atoms with van der Waals surface area (Å²) < 4.78 is 0. The van der Waals surface area contributed by atoms with Crippen molar-refractivity contribution in [3.05, 3.63) is 0 Å². The number of unbranched alkanes of at least 4 members (excludes halogenated alkanes) is 5. The molecule has 18 heavy (non-hydrogen) atoms. The quantitative estimate of drug-likeness (QED) is 0.480. The first-order chi connectivity index (χ1) is 8.39. The zero-order valence-electron chi connectivity index (χ0n) is 13.5. The van der Waals surface area contributed by atoms with E-state index in [4.69, 9.17) is 0 Å². The van der Waals surface area contributed by atoms with Crippen LogP contribution in [0.4, 0.5) is 0 Å². The lowest BCUT2D eigenvalue weighted by molar-refractivity contribution is -0.00947. The Morgan fingerprint density at radius 3 is 1.67 bits per heavy atom. The standard InChI is InChI=1S/C17H36O/c1-6-7-8-9-10-11-12-17(18,13-15(2)3)14-16(4)5/h15-16,18H,6-14H2,1-5H3. The molecule has 0 aliphatic rings. The molecule has 0 spiro atoms. The van der Waals surface area contributed by atoms with Gasteiger partial charge in [0, 0.05) is 0 Å². The van der Waals surface area contributed by atoms with Gasteiger partial charge in [-0.3, -0.25) is 0 Å². The summed E-state index contributed by atoms with van der Waals surface area (Å²) in [7, 11) is 0. The minimum absolute atomic E-state index is 0.410. The maximum absolute atomic E-state index is 10.8. The monoisotopic (exact) mass is 256 g/mol. The molecule has 1 N–H and O–H groups in total. The summed E-state index contributed by atoms with van der Waals surface area (Å²) in [5, 5.41) is 10.8. The van der Waals surface area contributed by atoms with Gasteiger partial charge in [-0.1, -0.05) is 73.1 Å². The number of hydrogen-bond acceptors (Lipinski definition) is 1. The molecule has 0 aromatic carbocycles. The van der Waals surface area contributed by atoms with Crippen molar-refractivity contribution >= 4 is 0 Å². The van der Waals surface area contributed by atoms with Crippen molar-refractivity contribution in [1.29, 1.82) is 0 Å². The van der Waals surface area contributed by atoms with Gasteiger partial charge in [0.15, 0.2) is 0 Å². The third-order valence-electron chi connectivity index (χ3n) is 3.57. The van der Waals surface area contributed by atoms with Crippen LogP contribution in [0.1, 0.15) is 92.4 Å². The summed E-state index contributed by atoms with van der Waals surface area (Å²) >= 11 is 0. The predicted molar refractivity (Wildman–Crippen MR) is 81.9 cm³/mol. The number of hydrogen-bond donors (Lipinski definition) is 1. The molecule has 0 aromatic rings. The lowest BCUT2D eigenvalue weighted by Gasteiger charge is -2.31. The van der Waals surface area contributed by atoms with E-state index in [1.54, 1.807) is 0 Å². The normalized spacial score (nSPS) is 12.7. The predicted octanol–water partition coefficient (Wildman–Crippen LogP) is 5.56. The molecular weight excluding hydrogens is 220 g/mol. The molecule has 1 heteroatoms. The Morgan fingerprint density at radius 2 is 1.22 bits per heavy atom. The zero-order chi connectivity index (χ0) is 14.0. The maximum atomic E-state index is 10.8. The highest BCUT2D eigenvalue weighted by Crippen LogP contribution is 2.30. The van der Waals surface area contributed by atoms with E-state index in [9.17, 15) is 5.11 Å². The molecule has 0 heterocycles.